The Balaban J connectivity index is 0.00000256. The van der Waals surface area contributed by atoms with Crippen LogP contribution >= 0.6 is 12.4 Å². The van der Waals surface area contributed by atoms with E-state index in [4.69, 9.17) is 10.5 Å². The summed E-state index contributed by atoms with van der Waals surface area (Å²) in [5.41, 5.74) is 6.72. The highest BCUT2D eigenvalue weighted by Crippen LogP contribution is 2.30. The molecule has 0 aromatic heterocycles. The molecule has 0 aliphatic rings. The standard InChI is InChI=1S/C11H14F3NO.ClH/c1-7-5-8(16-2)3-4-9(7)10(15)6-11(12,13)14;/h3-5,10H,6,15H2,1-2H3;1H/t10-;/m1./s1. The van der Waals surface area contributed by atoms with Crippen LogP contribution in [0.2, 0.25) is 0 Å². The summed E-state index contributed by atoms with van der Waals surface area (Å²) in [5, 5.41) is 0. The monoisotopic (exact) mass is 269 g/mol. The lowest BCUT2D eigenvalue weighted by molar-refractivity contribution is -0.138. The van der Waals surface area contributed by atoms with Crippen LogP contribution < -0.4 is 10.5 Å². The first-order valence-corrected chi connectivity index (χ1v) is 4.80. The molecule has 0 unspecified atom stereocenters. The average molecular weight is 270 g/mol. The lowest BCUT2D eigenvalue weighted by atomic mass is 9.99. The first-order chi connectivity index (χ1) is 7.33. The summed E-state index contributed by atoms with van der Waals surface area (Å²) in [6, 6.07) is 3.83. The number of methoxy groups -OCH3 is 1. The van der Waals surface area contributed by atoms with Crippen LogP contribution in [0.5, 0.6) is 5.75 Å². The largest absolute Gasteiger partial charge is 0.497 e. The highest BCUT2D eigenvalue weighted by Gasteiger charge is 2.31. The Morgan fingerprint density at radius 1 is 1.35 bits per heavy atom. The minimum Gasteiger partial charge on any atom is -0.497 e. The molecule has 2 nitrogen and oxygen atoms in total. The van der Waals surface area contributed by atoms with E-state index in [-0.39, 0.29) is 12.4 Å². The number of hydrogen-bond donors (Lipinski definition) is 1. The van der Waals surface area contributed by atoms with E-state index in [9.17, 15) is 13.2 Å². The van der Waals surface area contributed by atoms with Crippen LogP contribution in [-0.2, 0) is 0 Å². The summed E-state index contributed by atoms with van der Waals surface area (Å²) < 4.78 is 41.5. The molecule has 98 valence electrons. The third-order valence-corrected chi connectivity index (χ3v) is 2.33. The van der Waals surface area contributed by atoms with Crippen molar-refractivity contribution in [3.8, 4) is 5.75 Å². The molecule has 0 fully saturated rings. The number of rotatable bonds is 3. The lowest BCUT2D eigenvalue weighted by Crippen LogP contribution is -2.20. The Morgan fingerprint density at radius 3 is 2.35 bits per heavy atom. The van der Waals surface area contributed by atoms with Crippen molar-refractivity contribution in [3.63, 3.8) is 0 Å². The second-order valence-electron chi connectivity index (χ2n) is 3.65. The summed E-state index contributed by atoms with van der Waals surface area (Å²) in [4.78, 5) is 0. The van der Waals surface area contributed by atoms with E-state index in [0.29, 0.717) is 16.9 Å². The van der Waals surface area contributed by atoms with E-state index in [1.165, 1.54) is 7.11 Å². The summed E-state index contributed by atoms with van der Waals surface area (Å²) in [6.07, 6.45) is -5.26. The van der Waals surface area contributed by atoms with Crippen molar-refractivity contribution >= 4 is 12.4 Å². The first kappa shape index (κ1) is 16.1. The molecular weight excluding hydrogens is 255 g/mol. The van der Waals surface area contributed by atoms with Crippen molar-refractivity contribution in [2.45, 2.75) is 25.6 Å². The minimum absolute atomic E-state index is 0. The molecule has 6 heteroatoms. The Hall–Kier alpha value is -0.940. The molecule has 0 aliphatic heterocycles. The number of aryl methyl sites for hydroxylation is 1. The zero-order valence-corrected chi connectivity index (χ0v) is 10.4. The van der Waals surface area contributed by atoms with Gasteiger partial charge in [0.25, 0.3) is 0 Å². The van der Waals surface area contributed by atoms with Gasteiger partial charge >= 0.3 is 6.18 Å². The van der Waals surface area contributed by atoms with Gasteiger partial charge in [0.1, 0.15) is 5.75 Å². The molecule has 1 aromatic rings. The molecule has 0 heterocycles. The molecule has 17 heavy (non-hydrogen) atoms. The zero-order valence-electron chi connectivity index (χ0n) is 9.54. The van der Waals surface area contributed by atoms with Crippen molar-refractivity contribution in [3.05, 3.63) is 29.3 Å². The molecule has 1 aromatic carbocycles. The second kappa shape index (κ2) is 6.12. The van der Waals surface area contributed by atoms with E-state index >= 15 is 0 Å². The molecule has 0 aliphatic carbocycles. The predicted molar refractivity (Wildman–Crippen MR) is 62.6 cm³/mol. The van der Waals surface area contributed by atoms with E-state index in [1.54, 1.807) is 25.1 Å². The van der Waals surface area contributed by atoms with Crippen LogP contribution in [-0.4, -0.2) is 13.3 Å². The van der Waals surface area contributed by atoms with Gasteiger partial charge in [-0.25, -0.2) is 0 Å². The Morgan fingerprint density at radius 2 is 1.94 bits per heavy atom. The number of ether oxygens (including phenoxy) is 1. The topological polar surface area (TPSA) is 35.2 Å². The van der Waals surface area contributed by atoms with Crippen molar-refractivity contribution in [1.29, 1.82) is 0 Å². The second-order valence-corrected chi connectivity index (χ2v) is 3.65. The number of halogens is 4. The molecule has 1 rings (SSSR count). The minimum atomic E-state index is -4.24. The normalized spacial score (nSPS) is 12.8. The van der Waals surface area contributed by atoms with Crippen molar-refractivity contribution in [2.75, 3.05) is 7.11 Å². The van der Waals surface area contributed by atoms with Gasteiger partial charge < -0.3 is 10.5 Å². The Labute approximate surface area is 104 Å². The van der Waals surface area contributed by atoms with Crippen LogP contribution in [0.4, 0.5) is 13.2 Å². The van der Waals surface area contributed by atoms with Crippen LogP contribution in [0.15, 0.2) is 18.2 Å². The predicted octanol–water partition coefficient (Wildman–Crippen LogP) is 3.38. The van der Waals surface area contributed by atoms with E-state index in [0.717, 1.165) is 0 Å². The Kier molecular flexibility index (Phi) is 5.78. The van der Waals surface area contributed by atoms with Gasteiger partial charge in [-0.05, 0) is 30.2 Å². The maximum Gasteiger partial charge on any atom is 0.390 e. The van der Waals surface area contributed by atoms with Gasteiger partial charge in [0.2, 0.25) is 0 Å². The van der Waals surface area contributed by atoms with Gasteiger partial charge in [-0.15, -0.1) is 12.4 Å². The number of hydrogen-bond acceptors (Lipinski definition) is 2. The zero-order chi connectivity index (χ0) is 12.3. The van der Waals surface area contributed by atoms with Gasteiger partial charge in [-0.1, -0.05) is 6.07 Å². The lowest BCUT2D eigenvalue weighted by Gasteiger charge is -2.17. The average Bonchev–Trinajstić information content (AvgIpc) is 2.14. The van der Waals surface area contributed by atoms with Gasteiger partial charge in [0, 0.05) is 6.04 Å². The molecule has 2 N–H and O–H groups in total. The fourth-order valence-corrected chi connectivity index (χ4v) is 1.55. The van der Waals surface area contributed by atoms with Crippen LogP contribution in [0.3, 0.4) is 0 Å². The van der Waals surface area contributed by atoms with Crippen molar-refractivity contribution in [2.24, 2.45) is 5.73 Å². The summed E-state index contributed by atoms with van der Waals surface area (Å²) in [6.45, 7) is 1.72. The molecular formula is C11H15ClF3NO. The molecule has 0 amide bonds. The smallest absolute Gasteiger partial charge is 0.390 e. The number of nitrogens with two attached hydrogens (primary N) is 1. The molecule has 0 bridgehead atoms. The highest BCUT2D eigenvalue weighted by molar-refractivity contribution is 5.85. The molecule has 1 atom stereocenters. The maximum atomic E-state index is 12.2. The Bertz CT molecular complexity index is 368. The summed E-state index contributed by atoms with van der Waals surface area (Å²) in [7, 11) is 1.50. The van der Waals surface area contributed by atoms with E-state index in [1.807, 2.05) is 0 Å². The van der Waals surface area contributed by atoms with Gasteiger partial charge in [0.05, 0.1) is 13.5 Å². The van der Waals surface area contributed by atoms with Crippen molar-refractivity contribution < 1.29 is 17.9 Å². The number of alkyl halides is 3. The molecule has 0 spiro atoms. The van der Waals surface area contributed by atoms with E-state index < -0.39 is 18.6 Å². The van der Waals surface area contributed by atoms with Gasteiger partial charge in [-0.2, -0.15) is 13.2 Å². The maximum absolute atomic E-state index is 12.2. The fourth-order valence-electron chi connectivity index (χ4n) is 1.55. The molecule has 0 radical (unpaired) electrons. The summed E-state index contributed by atoms with van der Waals surface area (Å²) in [5.74, 6) is 0.612. The van der Waals surface area contributed by atoms with Gasteiger partial charge in [0.15, 0.2) is 0 Å². The van der Waals surface area contributed by atoms with Crippen LogP contribution in [0.25, 0.3) is 0 Å². The van der Waals surface area contributed by atoms with Gasteiger partial charge in [-0.3, -0.25) is 0 Å². The molecule has 0 saturated heterocycles. The molecule has 0 saturated carbocycles. The fraction of sp³-hybridized carbons (Fsp3) is 0.455. The van der Waals surface area contributed by atoms with Crippen molar-refractivity contribution in [1.82, 2.24) is 0 Å². The highest BCUT2D eigenvalue weighted by atomic mass is 35.5. The first-order valence-electron chi connectivity index (χ1n) is 4.80. The number of benzene rings is 1. The van der Waals surface area contributed by atoms with Crippen LogP contribution in [0, 0.1) is 6.92 Å². The third kappa shape index (κ3) is 4.83. The quantitative estimate of drug-likeness (QED) is 0.913. The summed E-state index contributed by atoms with van der Waals surface area (Å²) >= 11 is 0. The van der Waals surface area contributed by atoms with E-state index in [2.05, 4.69) is 0 Å². The van der Waals surface area contributed by atoms with Crippen LogP contribution in [0.1, 0.15) is 23.6 Å². The third-order valence-electron chi connectivity index (χ3n) is 2.33. The SMILES string of the molecule is COc1ccc([C@H](N)CC(F)(F)F)c(C)c1.Cl.